The first kappa shape index (κ1) is 51.1. The van der Waals surface area contributed by atoms with Gasteiger partial charge in [-0.25, -0.2) is 14.4 Å². The molecular formula is C51H83N5O8. The Kier molecular flexibility index (Phi) is 20.1. The van der Waals surface area contributed by atoms with E-state index >= 15 is 0 Å². The third kappa shape index (κ3) is 17.1. The summed E-state index contributed by atoms with van der Waals surface area (Å²) in [7, 11) is 0. The first-order chi connectivity index (χ1) is 30.5. The highest BCUT2D eigenvalue weighted by Crippen LogP contribution is 2.40. The minimum Gasteiger partial charge on any atom is -0.466 e. The van der Waals surface area contributed by atoms with Gasteiger partial charge < -0.3 is 29.7 Å². The van der Waals surface area contributed by atoms with Gasteiger partial charge in [0.2, 0.25) is 0 Å². The van der Waals surface area contributed by atoms with Gasteiger partial charge in [0.15, 0.2) is 0 Å². The maximum Gasteiger partial charge on any atom is 0.342 e. The third-order valence-electron chi connectivity index (χ3n) is 14.7. The molecule has 64 heavy (non-hydrogen) atoms. The summed E-state index contributed by atoms with van der Waals surface area (Å²) >= 11 is 0. The number of ether oxygens (including phenoxy) is 3. The van der Waals surface area contributed by atoms with Gasteiger partial charge in [-0.05, 0) is 186 Å². The molecule has 2 N–H and O–H groups in total. The van der Waals surface area contributed by atoms with Gasteiger partial charge in [-0.15, -0.1) is 0 Å². The Balaban J connectivity index is 0.831. The smallest absolute Gasteiger partial charge is 0.342 e. The van der Waals surface area contributed by atoms with E-state index in [0.29, 0.717) is 74.7 Å². The largest absolute Gasteiger partial charge is 0.466 e. The van der Waals surface area contributed by atoms with Crippen LogP contribution in [0, 0.1) is 49.4 Å². The summed E-state index contributed by atoms with van der Waals surface area (Å²) in [4.78, 5) is 64.7. The minimum atomic E-state index is -0.438. The molecule has 0 unspecified atom stereocenters. The summed E-state index contributed by atoms with van der Waals surface area (Å²) in [5.74, 6) is 2.99. The molecule has 13 nitrogen and oxygen atoms in total. The number of carbonyl (C=O) groups is 5. The first-order valence-corrected chi connectivity index (χ1v) is 25.1. The quantitative estimate of drug-likeness (QED) is 0.0597. The number of aromatic nitrogens is 2. The van der Waals surface area contributed by atoms with Crippen molar-refractivity contribution in [3.05, 3.63) is 29.6 Å². The lowest BCUT2D eigenvalue weighted by Gasteiger charge is -2.38. The van der Waals surface area contributed by atoms with Crippen molar-refractivity contribution in [1.82, 2.24) is 25.3 Å². The van der Waals surface area contributed by atoms with Gasteiger partial charge in [0.1, 0.15) is 6.61 Å². The molecule has 4 fully saturated rings. The average molecular weight is 894 g/mol. The predicted molar refractivity (Wildman–Crippen MR) is 248 cm³/mol. The highest BCUT2D eigenvalue weighted by atomic mass is 16.5. The lowest BCUT2D eigenvalue weighted by molar-refractivity contribution is -0.147. The zero-order chi connectivity index (χ0) is 46.2. The Hall–Kier alpha value is -3.90. The van der Waals surface area contributed by atoms with E-state index in [1.54, 1.807) is 11.8 Å². The normalized spacial score (nSPS) is 26.3. The fourth-order valence-corrected chi connectivity index (χ4v) is 11.0. The van der Waals surface area contributed by atoms with Gasteiger partial charge >= 0.3 is 30.0 Å². The monoisotopic (exact) mass is 894 g/mol. The molecule has 1 heterocycles. The van der Waals surface area contributed by atoms with E-state index in [-0.39, 0.29) is 42.7 Å². The maximum absolute atomic E-state index is 13.2. The summed E-state index contributed by atoms with van der Waals surface area (Å²) in [5.41, 5.74) is 1.66. The SMILES string of the molecule is C=C(C)C(=O)OCCN(C(=O)NC1CCC(CC2CCC(CC(=O)OCCCCOC(=O)CC3CCC(CC4CCC(NC(=O)n5nc(C)cc5C)CC4)CC3)CC2)CC1)C(C)(C)C. The van der Waals surface area contributed by atoms with Crippen molar-refractivity contribution in [3.8, 4) is 0 Å². The first-order valence-electron chi connectivity index (χ1n) is 25.1. The summed E-state index contributed by atoms with van der Waals surface area (Å²) < 4.78 is 17.9. The molecule has 1 aromatic heterocycles. The van der Waals surface area contributed by atoms with Crippen LogP contribution in [-0.2, 0) is 28.6 Å². The van der Waals surface area contributed by atoms with Crippen molar-refractivity contribution in [2.24, 2.45) is 35.5 Å². The van der Waals surface area contributed by atoms with Crippen molar-refractivity contribution >= 4 is 30.0 Å². The Morgan fingerprint density at radius 3 is 1.48 bits per heavy atom. The number of nitrogens with one attached hydrogen (secondary N) is 2. The minimum absolute atomic E-state index is 0.102. The molecule has 4 aliphatic rings. The average Bonchev–Trinajstić information content (AvgIpc) is 3.60. The summed E-state index contributed by atoms with van der Waals surface area (Å²) in [6.07, 6.45) is 22.4. The van der Waals surface area contributed by atoms with E-state index < -0.39 is 11.5 Å². The van der Waals surface area contributed by atoms with Gasteiger partial charge in [-0.2, -0.15) is 9.78 Å². The standard InChI is InChI=1S/C51H83N5O8/c1-35(2)48(59)64-29-26-55(51(5,6)7)49(60)52-44-22-18-40(19-23-44)31-38-10-14-42(15-11-38)33-46(57)62-27-8-9-28-63-47(58)34-43-16-12-39(13-17-43)32-41-20-24-45(25-21-41)53-50(61)56-37(4)30-36(3)54-56/h30,38-45H,1,8-29,31-34H2,2-7H3,(H,52,60)(H,53,61). The molecule has 13 heteroatoms. The second-order valence-corrected chi connectivity index (χ2v) is 21.2. The van der Waals surface area contributed by atoms with E-state index in [1.807, 2.05) is 40.7 Å². The Morgan fingerprint density at radius 1 is 0.656 bits per heavy atom. The Labute approximate surface area is 384 Å². The molecule has 0 bridgehead atoms. The Morgan fingerprint density at radius 2 is 1.08 bits per heavy atom. The molecule has 360 valence electrons. The van der Waals surface area contributed by atoms with Crippen LogP contribution in [-0.4, -0.2) is 88.6 Å². The van der Waals surface area contributed by atoms with Gasteiger partial charge in [-0.3, -0.25) is 9.59 Å². The molecule has 4 aliphatic carbocycles. The molecule has 1 aromatic rings. The lowest BCUT2D eigenvalue weighted by Crippen LogP contribution is -2.54. The Bertz CT molecular complexity index is 1670. The molecule has 0 atom stereocenters. The predicted octanol–water partition coefficient (Wildman–Crippen LogP) is 10.1. The van der Waals surface area contributed by atoms with Crippen LogP contribution >= 0.6 is 0 Å². The van der Waals surface area contributed by atoms with Gasteiger partial charge in [0.25, 0.3) is 0 Å². The maximum atomic E-state index is 13.2. The van der Waals surface area contributed by atoms with Gasteiger partial charge in [0.05, 0.1) is 25.5 Å². The fourth-order valence-electron chi connectivity index (χ4n) is 11.0. The molecule has 0 spiro atoms. The molecule has 0 aliphatic heterocycles. The van der Waals surface area contributed by atoms with E-state index in [2.05, 4.69) is 22.3 Å². The van der Waals surface area contributed by atoms with Crippen molar-refractivity contribution in [3.63, 3.8) is 0 Å². The lowest BCUT2D eigenvalue weighted by atomic mass is 9.74. The highest BCUT2D eigenvalue weighted by molar-refractivity contribution is 5.87. The van der Waals surface area contributed by atoms with Crippen molar-refractivity contribution in [2.75, 3.05) is 26.4 Å². The molecule has 0 radical (unpaired) electrons. The van der Waals surface area contributed by atoms with Crippen LogP contribution in [0.15, 0.2) is 18.2 Å². The van der Waals surface area contributed by atoms with Crippen LogP contribution in [0.5, 0.6) is 0 Å². The zero-order valence-electron chi connectivity index (χ0n) is 40.4. The number of aryl methyl sites for hydroxylation is 2. The van der Waals surface area contributed by atoms with Crippen molar-refractivity contribution < 1.29 is 38.2 Å². The number of hydrogen-bond donors (Lipinski definition) is 2. The molecule has 4 saturated carbocycles. The second kappa shape index (κ2) is 25.1. The number of carbonyl (C=O) groups excluding carboxylic acids is 5. The van der Waals surface area contributed by atoms with Crippen molar-refractivity contribution in [2.45, 2.75) is 200 Å². The highest BCUT2D eigenvalue weighted by Gasteiger charge is 2.33. The number of nitrogens with zero attached hydrogens (tertiary/aromatic N) is 3. The van der Waals surface area contributed by atoms with E-state index in [9.17, 15) is 24.0 Å². The number of esters is 3. The van der Waals surface area contributed by atoms with Crippen LogP contribution < -0.4 is 10.6 Å². The van der Waals surface area contributed by atoms with Crippen LogP contribution in [0.2, 0.25) is 0 Å². The van der Waals surface area contributed by atoms with Crippen molar-refractivity contribution in [1.29, 1.82) is 0 Å². The third-order valence-corrected chi connectivity index (χ3v) is 14.7. The van der Waals surface area contributed by atoms with E-state index in [0.717, 1.165) is 113 Å². The fraction of sp³-hybridized carbons (Fsp3) is 0.804. The number of hydrogen-bond acceptors (Lipinski definition) is 9. The topological polar surface area (TPSA) is 158 Å². The van der Waals surface area contributed by atoms with Crippen LogP contribution in [0.3, 0.4) is 0 Å². The van der Waals surface area contributed by atoms with E-state index in [1.165, 1.54) is 30.4 Å². The number of amides is 3. The summed E-state index contributed by atoms with van der Waals surface area (Å²) in [5, 5.41) is 10.8. The summed E-state index contributed by atoms with van der Waals surface area (Å²) in [6, 6.07) is 2.07. The molecule has 5 rings (SSSR count). The van der Waals surface area contributed by atoms with Crippen LogP contribution in [0.25, 0.3) is 0 Å². The zero-order valence-corrected chi connectivity index (χ0v) is 40.4. The number of urea groups is 1. The summed E-state index contributed by atoms with van der Waals surface area (Å²) in [6.45, 7) is 16.2. The number of rotatable bonds is 19. The van der Waals surface area contributed by atoms with E-state index in [4.69, 9.17) is 14.2 Å². The molecule has 0 saturated heterocycles. The molecule has 0 aromatic carbocycles. The van der Waals surface area contributed by atoms with Gasteiger partial charge in [-0.1, -0.05) is 32.3 Å². The molecular weight excluding hydrogens is 811 g/mol. The van der Waals surface area contributed by atoms with Crippen LogP contribution in [0.4, 0.5) is 9.59 Å². The van der Waals surface area contributed by atoms with Crippen LogP contribution in [0.1, 0.15) is 180 Å². The number of unbranched alkanes of at least 4 members (excludes halogenated alkanes) is 1. The molecule has 3 amide bonds. The van der Waals surface area contributed by atoms with Gasteiger partial charge in [0, 0.05) is 41.7 Å². The second-order valence-electron chi connectivity index (χ2n) is 21.2.